The number of benzene rings is 10. The van der Waals surface area contributed by atoms with Crippen LogP contribution in [-0.2, 0) is 0 Å². The van der Waals surface area contributed by atoms with Gasteiger partial charge in [0, 0.05) is 54.5 Å². The molecule has 0 amide bonds. The summed E-state index contributed by atoms with van der Waals surface area (Å²) >= 11 is 0. The third-order valence-corrected chi connectivity index (χ3v) is 13.0. The van der Waals surface area contributed by atoms with E-state index >= 15 is 0 Å². The first-order chi connectivity index (χ1) is 29.8. The van der Waals surface area contributed by atoms with Crippen molar-refractivity contribution in [1.29, 1.82) is 0 Å². The Morgan fingerprint density at radius 2 is 0.850 bits per heavy atom. The van der Waals surface area contributed by atoms with Crippen LogP contribution in [-0.4, -0.2) is 18.9 Å². The second kappa shape index (κ2) is 11.8. The van der Waals surface area contributed by atoms with Crippen molar-refractivity contribution in [1.82, 2.24) is 18.9 Å². The molecule has 60 heavy (non-hydrogen) atoms. The van der Waals surface area contributed by atoms with E-state index in [-0.39, 0.29) is 0 Å². The normalized spacial score (nSPS) is 12.3. The number of aromatic nitrogens is 4. The predicted octanol–water partition coefficient (Wildman–Crippen LogP) is 14.7. The Hall–Kier alpha value is -8.08. The molecule has 4 heterocycles. The summed E-state index contributed by atoms with van der Waals surface area (Å²) in [5, 5.41) is 15.1. The van der Waals surface area contributed by atoms with Gasteiger partial charge < -0.3 is 8.97 Å². The summed E-state index contributed by atoms with van der Waals surface area (Å²) in [4.78, 5) is 10.8. The van der Waals surface area contributed by atoms with Crippen molar-refractivity contribution in [2.75, 3.05) is 0 Å². The van der Waals surface area contributed by atoms with E-state index in [1.165, 1.54) is 92.2 Å². The molecule has 14 rings (SSSR count). The van der Waals surface area contributed by atoms with E-state index in [1.54, 1.807) is 0 Å². The molecule has 0 saturated carbocycles. The number of para-hydroxylation sites is 1. The Bertz CT molecular complexity index is 4100. The number of fused-ring (bicyclic) bond motifs is 18. The van der Waals surface area contributed by atoms with Crippen LogP contribution in [0.25, 0.3) is 131 Å². The van der Waals surface area contributed by atoms with Gasteiger partial charge in [-0.15, -0.1) is 0 Å². The van der Waals surface area contributed by atoms with E-state index in [0.717, 1.165) is 39.2 Å². The lowest BCUT2D eigenvalue weighted by Gasteiger charge is -2.14. The molecular formula is C56H32N4. The van der Waals surface area contributed by atoms with Gasteiger partial charge in [0.25, 0.3) is 0 Å². The molecule has 0 N–H and O–H groups in total. The molecule has 0 saturated heterocycles. The molecule has 0 radical (unpaired) electrons. The van der Waals surface area contributed by atoms with Gasteiger partial charge in [-0.2, -0.15) is 0 Å². The van der Waals surface area contributed by atoms with Crippen LogP contribution in [0.5, 0.6) is 0 Å². The van der Waals surface area contributed by atoms with Crippen LogP contribution >= 0.6 is 0 Å². The summed E-state index contributed by atoms with van der Waals surface area (Å²) in [6.45, 7) is 0. The highest BCUT2D eigenvalue weighted by atomic mass is 15.0. The maximum atomic E-state index is 5.48. The molecule has 0 bridgehead atoms. The average molecular weight is 761 g/mol. The third-order valence-electron chi connectivity index (χ3n) is 13.0. The van der Waals surface area contributed by atoms with Crippen molar-refractivity contribution in [3.8, 4) is 28.2 Å². The van der Waals surface area contributed by atoms with Crippen LogP contribution in [0.2, 0.25) is 0 Å². The highest BCUT2D eigenvalue weighted by Gasteiger charge is 2.27. The SMILES string of the molecule is c1ccc(-c2nc3ccc(-n4c5c6ccccc6ccc5c5c6ccccc6c6c7cccc8c9c%10ccccc%10ccc9n(c87)c6c54)cc3nc2-c2ccccc2)cc1. The van der Waals surface area contributed by atoms with E-state index < -0.39 is 0 Å². The fourth-order valence-electron chi connectivity index (χ4n) is 10.5. The van der Waals surface area contributed by atoms with Gasteiger partial charge in [-0.25, -0.2) is 9.97 Å². The quantitative estimate of drug-likeness (QED) is 0.180. The van der Waals surface area contributed by atoms with E-state index in [4.69, 9.17) is 9.97 Å². The predicted molar refractivity (Wildman–Crippen MR) is 252 cm³/mol. The van der Waals surface area contributed by atoms with E-state index in [9.17, 15) is 0 Å². The molecule has 0 spiro atoms. The van der Waals surface area contributed by atoms with Crippen molar-refractivity contribution in [2.45, 2.75) is 0 Å². The lowest BCUT2D eigenvalue weighted by molar-refractivity contribution is 1.18. The van der Waals surface area contributed by atoms with Gasteiger partial charge in [0.1, 0.15) is 0 Å². The van der Waals surface area contributed by atoms with E-state index in [0.29, 0.717) is 0 Å². The zero-order chi connectivity index (χ0) is 39.1. The zero-order valence-corrected chi connectivity index (χ0v) is 32.3. The van der Waals surface area contributed by atoms with E-state index in [2.05, 4.69) is 197 Å². The summed E-state index contributed by atoms with van der Waals surface area (Å²) in [5.74, 6) is 0. The standard InChI is InChI=1S/C56H32N4/c1-3-16-35(17-4-1)51-52(36-18-5-2-6-19-36)58-46-32-37(28-30-45(46)57-51)59-53-39-21-10-8-15-34(39)26-29-44(53)50-41-23-12-11-22-40(41)49-43-25-13-24-42-48-38-20-9-7-14-33(38)27-31-47(48)60(54(42)43)56(49)55(50)59/h1-32H. The highest BCUT2D eigenvalue weighted by Crippen LogP contribution is 2.50. The maximum absolute atomic E-state index is 5.48. The van der Waals surface area contributed by atoms with Gasteiger partial charge in [0.05, 0.1) is 50.0 Å². The van der Waals surface area contributed by atoms with Gasteiger partial charge >= 0.3 is 0 Å². The van der Waals surface area contributed by atoms with Crippen molar-refractivity contribution >= 4 is 103 Å². The van der Waals surface area contributed by atoms with E-state index in [1.807, 2.05) is 6.07 Å². The number of nitrogens with zero attached hydrogens (tertiary/aromatic N) is 4. The minimum Gasteiger partial charge on any atom is -0.306 e. The van der Waals surface area contributed by atoms with Crippen LogP contribution in [0.3, 0.4) is 0 Å². The summed E-state index contributed by atoms with van der Waals surface area (Å²) in [5.41, 5.74) is 12.7. The molecule has 0 aliphatic carbocycles. The molecule has 10 aromatic carbocycles. The molecule has 0 atom stereocenters. The maximum Gasteiger partial charge on any atom is 0.0973 e. The molecule has 0 aliphatic rings. The molecule has 0 unspecified atom stereocenters. The lowest BCUT2D eigenvalue weighted by Crippen LogP contribution is -1.99. The zero-order valence-electron chi connectivity index (χ0n) is 32.3. The molecule has 276 valence electrons. The summed E-state index contributed by atoms with van der Waals surface area (Å²) in [7, 11) is 0. The minimum atomic E-state index is 0.849. The Morgan fingerprint density at radius 3 is 1.57 bits per heavy atom. The highest BCUT2D eigenvalue weighted by molar-refractivity contribution is 6.40. The van der Waals surface area contributed by atoms with Crippen LogP contribution in [0.15, 0.2) is 194 Å². The lowest BCUT2D eigenvalue weighted by atomic mass is 9.97. The second-order valence-corrected chi connectivity index (χ2v) is 16.1. The van der Waals surface area contributed by atoms with Gasteiger partial charge in [0.15, 0.2) is 0 Å². The second-order valence-electron chi connectivity index (χ2n) is 16.1. The Labute approximate surface area is 343 Å². The first kappa shape index (κ1) is 31.9. The fraction of sp³-hybridized carbons (Fsp3) is 0. The first-order valence-corrected chi connectivity index (χ1v) is 20.6. The number of rotatable bonds is 3. The van der Waals surface area contributed by atoms with Crippen LogP contribution in [0.4, 0.5) is 0 Å². The van der Waals surface area contributed by atoms with Gasteiger partial charge in [-0.05, 0) is 51.2 Å². The average Bonchev–Trinajstić information content (AvgIpc) is 3.98. The third kappa shape index (κ3) is 4.14. The molecule has 0 aliphatic heterocycles. The van der Waals surface area contributed by atoms with Crippen LogP contribution in [0.1, 0.15) is 0 Å². The van der Waals surface area contributed by atoms with Crippen molar-refractivity contribution < 1.29 is 0 Å². The Kier molecular flexibility index (Phi) is 6.26. The minimum absolute atomic E-state index is 0.849. The molecule has 4 nitrogen and oxygen atoms in total. The number of hydrogen-bond acceptors (Lipinski definition) is 2. The summed E-state index contributed by atoms with van der Waals surface area (Å²) in [6, 6.07) is 70.3. The smallest absolute Gasteiger partial charge is 0.0973 e. The number of hydrogen-bond donors (Lipinski definition) is 0. The first-order valence-electron chi connectivity index (χ1n) is 20.6. The molecular weight excluding hydrogens is 729 g/mol. The van der Waals surface area contributed by atoms with Crippen LogP contribution in [0, 0.1) is 0 Å². The topological polar surface area (TPSA) is 35.1 Å². The molecule has 4 heteroatoms. The van der Waals surface area contributed by atoms with Crippen molar-refractivity contribution in [3.63, 3.8) is 0 Å². The van der Waals surface area contributed by atoms with Crippen molar-refractivity contribution in [3.05, 3.63) is 194 Å². The molecule has 0 fully saturated rings. The Balaban J connectivity index is 1.21. The van der Waals surface area contributed by atoms with Gasteiger partial charge in [-0.3, -0.25) is 0 Å². The van der Waals surface area contributed by atoms with Crippen LogP contribution < -0.4 is 0 Å². The van der Waals surface area contributed by atoms with Gasteiger partial charge in [-0.1, -0.05) is 170 Å². The van der Waals surface area contributed by atoms with Gasteiger partial charge in [0.2, 0.25) is 0 Å². The monoisotopic (exact) mass is 760 g/mol. The molecule has 4 aromatic heterocycles. The Morgan fingerprint density at radius 1 is 0.317 bits per heavy atom. The largest absolute Gasteiger partial charge is 0.306 e. The summed E-state index contributed by atoms with van der Waals surface area (Å²) < 4.78 is 5.12. The fourth-order valence-corrected chi connectivity index (χ4v) is 10.5. The molecule has 14 aromatic rings. The summed E-state index contributed by atoms with van der Waals surface area (Å²) in [6.07, 6.45) is 0. The van der Waals surface area contributed by atoms with Crippen molar-refractivity contribution in [2.24, 2.45) is 0 Å².